The van der Waals surface area contributed by atoms with Gasteiger partial charge in [0.2, 0.25) is 17.7 Å². The summed E-state index contributed by atoms with van der Waals surface area (Å²) in [5.41, 5.74) is 5.05. The first kappa shape index (κ1) is 43.5. The van der Waals surface area contributed by atoms with Crippen LogP contribution in [0.5, 0.6) is 0 Å². The van der Waals surface area contributed by atoms with Crippen LogP contribution in [0.2, 0.25) is 19.1 Å². The van der Waals surface area contributed by atoms with Gasteiger partial charge in [-0.25, -0.2) is 23.2 Å². The standard InChI is InChI=1S/C43H54N8O8SSi/c1-24(2)36(47-35(53)20-52)41(54)50-16-17-60(57,58)21-33(50)40-45-31-15-13-29-18-28(12-14-30(29)38(31)48-40)26-8-10-27(11-9-26)32-19-44-39(46-32)34-22-61(6,7)23-51(34)42(55)37(25(3)4)49-43(56)59-5/h8-15,18-19,24-25,33-34,36-37,52H,16-17,20-23H2,1-7H3,(H,44,46)(H,45,48)(H,47,53)(H,49,56)/t33-,34-,36-,37-/m0/s1. The number of carbonyl (C=O) groups is 4. The molecule has 4 amide bonds. The highest BCUT2D eigenvalue weighted by atomic mass is 32.2. The van der Waals surface area contributed by atoms with Gasteiger partial charge in [-0.3, -0.25) is 14.4 Å². The molecule has 0 saturated carbocycles. The van der Waals surface area contributed by atoms with Crippen molar-refractivity contribution in [3.8, 4) is 22.4 Å². The van der Waals surface area contributed by atoms with Crippen molar-refractivity contribution < 1.29 is 37.4 Å². The topological polar surface area (TPSA) is 220 Å². The fourth-order valence-electron chi connectivity index (χ4n) is 8.49. The lowest BCUT2D eigenvalue weighted by molar-refractivity contribution is -0.140. The van der Waals surface area contributed by atoms with E-state index in [1.165, 1.54) is 12.0 Å². The predicted molar refractivity (Wildman–Crippen MR) is 234 cm³/mol. The normalized spacial score (nSPS) is 19.6. The number of ether oxygens (including phenoxy) is 1. The minimum Gasteiger partial charge on any atom is -0.453 e. The van der Waals surface area contributed by atoms with Gasteiger partial charge in [0.25, 0.3) is 0 Å². The van der Waals surface area contributed by atoms with E-state index in [0.717, 1.165) is 39.2 Å². The number of imidazole rings is 2. The summed E-state index contributed by atoms with van der Waals surface area (Å²) in [6.07, 6.45) is 1.81. The number of aromatic nitrogens is 4. The van der Waals surface area contributed by atoms with Crippen LogP contribution in [0.15, 0.2) is 60.8 Å². The van der Waals surface area contributed by atoms with Crippen molar-refractivity contribution in [2.45, 2.75) is 71.0 Å². The lowest BCUT2D eigenvalue weighted by atomic mass is 9.99. The van der Waals surface area contributed by atoms with Gasteiger partial charge in [0.05, 0.1) is 55.7 Å². The molecule has 0 unspecified atom stereocenters. The lowest BCUT2D eigenvalue weighted by Crippen LogP contribution is -2.56. The first-order valence-corrected chi connectivity index (χ1v) is 25.8. The zero-order valence-corrected chi connectivity index (χ0v) is 37.3. The number of alkyl carbamates (subject to hydrolysis) is 1. The molecule has 0 radical (unpaired) electrons. The summed E-state index contributed by atoms with van der Waals surface area (Å²) in [6, 6.07) is 16.1. The maximum atomic E-state index is 13.9. The van der Waals surface area contributed by atoms with Crippen LogP contribution in [-0.2, 0) is 29.0 Å². The Hall–Kier alpha value is -5.59. The molecule has 18 heteroatoms. The fourth-order valence-corrected chi connectivity index (χ4v) is 12.8. The molecule has 2 aliphatic rings. The number of amides is 4. The maximum Gasteiger partial charge on any atom is 0.407 e. The summed E-state index contributed by atoms with van der Waals surface area (Å²) < 4.78 is 30.6. The Balaban J connectivity index is 1.12. The fraction of sp³-hybridized carbons (Fsp3) is 0.442. The van der Waals surface area contributed by atoms with Gasteiger partial charge < -0.3 is 40.2 Å². The number of carbonyl (C=O) groups excluding carboxylic acids is 4. The summed E-state index contributed by atoms with van der Waals surface area (Å²) in [7, 11) is -3.99. The van der Waals surface area contributed by atoms with E-state index in [1.54, 1.807) is 20.0 Å². The van der Waals surface area contributed by atoms with E-state index in [9.17, 15) is 32.7 Å². The van der Waals surface area contributed by atoms with E-state index in [1.807, 2.05) is 67.3 Å². The van der Waals surface area contributed by atoms with Crippen LogP contribution >= 0.6 is 0 Å². The molecule has 0 aliphatic carbocycles. The van der Waals surface area contributed by atoms with E-state index in [4.69, 9.17) is 14.7 Å². The zero-order valence-electron chi connectivity index (χ0n) is 35.5. The van der Waals surface area contributed by atoms with E-state index in [-0.39, 0.29) is 41.8 Å². The summed E-state index contributed by atoms with van der Waals surface area (Å²) in [6.45, 7) is 11.0. The number of methoxy groups -OCH3 is 1. The minimum atomic E-state index is -3.49. The Bertz CT molecular complexity index is 2590. The van der Waals surface area contributed by atoms with Crippen molar-refractivity contribution in [1.82, 2.24) is 40.4 Å². The largest absolute Gasteiger partial charge is 0.453 e. The molecule has 5 aromatic rings. The predicted octanol–water partition coefficient (Wildman–Crippen LogP) is 4.72. The molecule has 0 bridgehead atoms. The van der Waals surface area contributed by atoms with Crippen LogP contribution in [0.4, 0.5) is 4.79 Å². The molecule has 324 valence electrons. The Morgan fingerprint density at radius 2 is 1.52 bits per heavy atom. The van der Waals surface area contributed by atoms with E-state index in [2.05, 4.69) is 39.8 Å². The smallest absolute Gasteiger partial charge is 0.407 e. The highest BCUT2D eigenvalue weighted by Gasteiger charge is 2.46. The third-order valence-corrected chi connectivity index (χ3v) is 16.1. The number of sulfone groups is 1. The molecule has 0 spiro atoms. The molecule has 2 fully saturated rings. The number of hydrogen-bond donors (Lipinski definition) is 5. The van der Waals surface area contributed by atoms with Crippen molar-refractivity contribution in [3.63, 3.8) is 0 Å². The molecule has 5 N–H and O–H groups in total. The highest BCUT2D eigenvalue weighted by molar-refractivity contribution is 7.91. The van der Waals surface area contributed by atoms with E-state index >= 15 is 0 Å². The van der Waals surface area contributed by atoms with Crippen molar-refractivity contribution >= 4 is 63.5 Å². The van der Waals surface area contributed by atoms with Gasteiger partial charge >= 0.3 is 6.09 Å². The Kier molecular flexibility index (Phi) is 12.2. The van der Waals surface area contributed by atoms with Gasteiger partial charge in [-0.2, -0.15) is 0 Å². The van der Waals surface area contributed by atoms with Gasteiger partial charge in [-0.1, -0.05) is 83.3 Å². The van der Waals surface area contributed by atoms with Crippen LogP contribution in [0.25, 0.3) is 44.2 Å². The van der Waals surface area contributed by atoms with Crippen LogP contribution < -0.4 is 10.6 Å². The number of nitrogens with zero attached hydrogens (tertiary/aromatic N) is 4. The third kappa shape index (κ3) is 9.06. The molecule has 4 heterocycles. The number of benzene rings is 3. The number of H-pyrrole nitrogens is 2. The molecule has 16 nitrogen and oxygen atoms in total. The maximum absolute atomic E-state index is 13.9. The summed E-state index contributed by atoms with van der Waals surface area (Å²) >= 11 is 0. The van der Waals surface area contributed by atoms with E-state index in [0.29, 0.717) is 28.9 Å². The first-order chi connectivity index (χ1) is 28.9. The van der Waals surface area contributed by atoms with Gasteiger partial charge in [0.1, 0.15) is 36.4 Å². The number of nitrogens with one attached hydrogen (secondary N) is 4. The summed E-state index contributed by atoms with van der Waals surface area (Å²) in [4.78, 5) is 71.6. The third-order valence-electron chi connectivity index (χ3n) is 11.7. The molecule has 2 saturated heterocycles. The van der Waals surface area contributed by atoms with E-state index < -0.39 is 60.6 Å². The van der Waals surface area contributed by atoms with Crippen molar-refractivity contribution in [2.75, 3.05) is 37.9 Å². The quantitative estimate of drug-likeness (QED) is 0.115. The second kappa shape index (κ2) is 17.0. The van der Waals surface area contributed by atoms with Crippen molar-refractivity contribution in [3.05, 3.63) is 72.4 Å². The molecule has 61 heavy (non-hydrogen) atoms. The monoisotopic (exact) mass is 870 g/mol. The van der Waals surface area contributed by atoms with Gasteiger partial charge in [0, 0.05) is 18.1 Å². The minimum absolute atomic E-state index is 0.0537. The molecule has 3 aromatic carbocycles. The van der Waals surface area contributed by atoms with Gasteiger partial charge in [-0.15, -0.1) is 0 Å². The highest BCUT2D eigenvalue weighted by Crippen LogP contribution is 2.39. The number of rotatable bonds is 11. The van der Waals surface area contributed by atoms with Crippen LogP contribution in [0.3, 0.4) is 0 Å². The van der Waals surface area contributed by atoms with Gasteiger partial charge in [0.15, 0.2) is 9.84 Å². The number of aliphatic hydroxyl groups excluding tert-OH is 1. The summed E-state index contributed by atoms with van der Waals surface area (Å²) in [5, 5.41) is 16.4. The Morgan fingerprint density at radius 3 is 2.20 bits per heavy atom. The SMILES string of the molecule is COC(=O)N[C@H](C(=O)N1C[Si](C)(C)C[C@H]1c1ncc(-c2ccc(-c3ccc4c(ccc5[nH]c([C@@H]6CS(=O)(=O)CCN6C(=O)[C@@H](NC(=O)CO)C(C)C)nc54)c3)cc2)[nH]1)C(C)C. The number of aromatic amines is 2. The average Bonchev–Trinajstić information content (AvgIpc) is 3.98. The summed E-state index contributed by atoms with van der Waals surface area (Å²) in [5.74, 6) is -1.18. The second-order valence-electron chi connectivity index (χ2n) is 17.6. The number of aliphatic hydroxyl groups is 1. The van der Waals surface area contributed by atoms with Crippen LogP contribution in [0.1, 0.15) is 51.4 Å². The van der Waals surface area contributed by atoms with Crippen molar-refractivity contribution in [2.24, 2.45) is 11.8 Å². The van der Waals surface area contributed by atoms with Crippen molar-refractivity contribution in [1.29, 1.82) is 0 Å². The zero-order chi connectivity index (χ0) is 44.0. The second-order valence-corrected chi connectivity index (χ2v) is 24.9. The molecule has 4 atom stereocenters. The van der Waals surface area contributed by atoms with Gasteiger partial charge in [-0.05, 0) is 52.1 Å². The first-order valence-electron chi connectivity index (χ1n) is 20.5. The van der Waals surface area contributed by atoms with Crippen LogP contribution in [-0.4, -0.2) is 125 Å². The molecular formula is C43H54N8O8SSi. The Labute approximate surface area is 355 Å². The molecule has 2 aliphatic heterocycles. The molecular weight excluding hydrogens is 817 g/mol. The lowest BCUT2D eigenvalue weighted by Gasteiger charge is -2.37. The number of fused-ring (bicyclic) bond motifs is 3. The van der Waals surface area contributed by atoms with Crippen LogP contribution in [0, 0.1) is 11.8 Å². The molecule has 7 rings (SSSR count). The molecule has 2 aromatic heterocycles. The Morgan fingerprint density at radius 1 is 0.869 bits per heavy atom. The number of hydrogen-bond acceptors (Lipinski definition) is 10. The average molecular weight is 871 g/mol.